The van der Waals surface area contributed by atoms with Crippen molar-refractivity contribution in [1.82, 2.24) is 0 Å². The van der Waals surface area contributed by atoms with E-state index in [1.165, 1.54) is 22.1 Å². The van der Waals surface area contributed by atoms with Crippen molar-refractivity contribution in [3.63, 3.8) is 0 Å². The first-order valence-electron chi connectivity index (χ1n) is 8.07. The maximum atomic E-state index is 12.0. The Hall–Kier alpha value is -1.03. The summed E-state index contributed by atoms with van der Waals surface area (Å²) in [5, 5.41) is 3.44. The highest BCUT2D eigenvalue weighted by atomic mass is 32.1. The Bertz CT molecular complexity index is 557. The average Bonchev–Trinajstić information content (AvgIpc) is 2.92. The van der Waals surface area contributed by atoms with Crippen LogP contribution in [0.3, 0.4) is 0 Å². The molecule has 0 unspecified atom stereocenters. The summed E-state index contributed by atoms with van der Waals surface area (Å²) >= 11 is 1.77. The molecule has 0 radical (unpaired) electrons. The van der Waals surface area contributed by atoms with Crippen molar-refractivity contribution in [3.05, 3.63) is 35.2 Å². The molecular formula is C18H23F3S. The second-order valence-corrected chi connectivity index (χ2v) is 6.83. The fourth-order valence-electron chi connectivity index (χ4n) is 2.71. The van der Waals surface area contributed by atoms with Crippen LogP contribution in [0, 0.1) is 0 Å². The molecule has 122 valence electrons. The molecule has 0 N–H and O–H groups in total. The maximum absolute atomic E-state index is 12.0. The average molecular weight is 328 g/mol. The molecule has 0 atom stereocenters. The third-order valence-corrected chi connectivity index (χ3v) is 4.84. The number of unbranched alkanes of at least 4 members (excludes halogenated alkanes) is 6. The van der Waals surface area contributed by atoms with E-state index < -0.39 is 12.6 Å². The SMILES string of the molecule is FC(F)(F)CCCCCCCCCc1ccc2sccc2c1. The van der Waals surface area contributed by atoms with Crippen LogP contribution < -0.4 is 0 Å². The molecule has 0 saturated carbocycles. The summed E-state index contributed by atoms with van der Waals surface area (Å²) in [4.78, 5) is 0. The zero-order valence-electron chi connectivity index (χ0n) is 12.8. The van der Waals surface area contributed by atoms with Gasteiger partial charge in [0.25, 0.3) is 0 Å². The zero-order valence-corrected chi connectivity index (χ0v) is 13.6. The van der Waals surface area contributed by atoms with E-state index in [2.05, 4.69) is 29.6 Å². The van der Waals surface area contributed by atoms with Gasteiger partial charge in [-0.2, -0.15) is 13.2 Å². The first-order chi connectivity index (χ1) is 10.5. The minimum absolute atomic E-state index is 0.282. The summed E-state index contributed by atoms with van der Waals surface area (Å²) in [5.74, 6) is 0. The van der Waals surface area contributed by atoms with Crippen molar-refractivity contribution in [2.24, 2.45) is 0 Å². The van der Waals surface area contributed by atoms with Gasteiger partial charge in [0.1, 0.15) is 0 Å². The Morgan fingerprint density at radius 1 is 0.818 bits per heavy atom. The van der Waals surface area contributed by atoms with Gasteiger partial charge >= 0.3 is 6.18 Å². The molecule has 1 heterocycles. The van der Waals surface area contributed by atoms with Gasteiger partial charge in [0, 0.05) is 11.1 Å². The van der Waals surface area contributed by atoms with Gasteiger partial charge in [-0.05, 0) is 47.7 Å². The highest BCUT2D eigenvalue weighted by molar-refractivity contribution is 7.17. The van der Waals surface area contributed by atoms with Gasteiger partial charge in [-0.15, -0.1) is 11.3 Å². The lowest BCUT2D eigenvalue weighted by Gasteiger charge is -2.06. The second-order valence-electron chi connectivity index (χ2n) is 5.88. The summed E-state index contributed by atoms with van der Waals surface area (Å²) in [6.07, 6.45) is 2.92. The number of thiophene rings is 1. The van der Waals surface area contributed by atoms with Crippen molar-refractivity contribution in [2.75, 3.05) is 0 Å². The van der Waals surface area contributed by atoms with Crippen molar-refractivity contribution >= 4 is 21.4 Å². The summed E-state index contributed by atoms with van der Waals surface area (Å²) < 4.78 is 37.2. The van der Waals surface area contributed by atoms with E-state index in [4.69, 9.17) is 0 Å². The van der Waals surface area contributed by atoms with Gasteiger partial charge in [-0.25, -0.2) is 0 Å². The van der Waals surface area contributed by atoms with Crippen LogP contribution in [0.5, 0.6) is 0 Å². The molecule has 2 rings (SSSR count). The fraction of sp³-hybridized carbons (Fsp3) is 0.556. The van der Waals surface area contributed by atoms with Gasteiger partial charge in [0.05, 0.1) is 0 Å². The van der Waals surface area contributed by atoms with Crippen molar-refractivity contribution < 1.29 is 13.2 Å². The van der Waals surface area contributed by atoms with E-state index in [1.54, 1.807) is 11.3 Å². The van der Waals surface area contributed by atoms with Crippen LogP contribution >= 0.6 is 11.3 Å². The van der Waals surface area contributed by atoms with E-state index in [0.717, 1.165) is 32.1 Å². The summed E-state index contributed by atoms with van der Waals surface area (Å²) in [7, 11) is 0. The number of halogens is 3. The number of rotatable bonds is 9. The summed E-state index contributed by atoms with van der Waals surface area (Å²) in [5.41, 5.74) is 1.39. The molecule has 0 amide bonds. The largest absolute Gasteiger partial charge is 0.389 e. The number of alkyl halides is 3. The molecule has 0 saturated heterocycles. The Labute approximate surface area is 134 Å². The summed E-state index contributed by atoms with van der Waals surface area (Å²) in [6.45, 7) is 0. The molecule has 0 spiro atoms. The highest BCUT2D eigenvalue weighted by Crippen LogP contribution is 2.24. The number of benzene rings is 1. The molecule has 0 aliphatic rings. The normalized spacial score (nSPS) is 12.1. The van der Waals surface area contributed by atoms with Crippen molar-refractivity contribution in [1.29, 1.82) is 0 Å². The maximum Gasteiger partial charge on any atom is 0.389 e. The van der Waals surface area contributed by atoms with Gasteiger partial charge in [-0.1, -0.05) is 44.2 Å². The van der Waals surface area contributed by atoms with Gasteiger partial charge in [0.15, 0.2) is 0 Å². The third kappa shape index (κ3) is 6.39. The topological polar surface area (TPSA) is 0 Å². The van der Waals surface area contributed by atoms with Crippen LogP contribution in [0.15, 0.2) is 29.6 Å². The molecule has 4 heteroatoms. The number of fused-ring (bicyclic) bond motifs is 1. The third-order valence-electron chi connectivity index (χ3n) is 3.94. The molecule has 1 aromatic heterocycles. The Morgan fingerprint density at radius 3 is 2.23 bits per heavy atom. The molecule has 0 nitrogen and oxygen atoms in total. The van der Waals surface area contributed by atoms with Crippen molar-refractivity contribution in [2.45, 2.75) is 64.0 Å². The van der Waals surface area contributed by atoms with Crippen molar-refractivity contribution in [3.8, 4) is 0 Å². The number of hydrogen-bond donors (Lipinski definition) is 0. The highest BCUT2D eigenvalue weighted by Gasteiger charge is 2.25. The van der Waals surface area contributed by atoms with E-state index in [9.17, 15) is 13.2 Å². The molecule has 0 aliphatic heterocycles. The Kier molecular flexibility index (Phi) is 6.74. The molecular weight excluding hydrogens is 305 g/mol. The van der Waals surface area contributed by atoms with Gasteiger partial charge < -0.3 is 0 Å². The van der Waals surface area contributed by atoms with Crippen LogP contribution in [-0.2, 0) is 6.42 Å². The zero-order chi connectivity index (χ0) is 15.8. The summed E-state index contributed by atoms with van der Waals surface area (Å²) in [6, 6.07) is 8.82. The lowest BCUT2D eigenvalue weighted by molar-refractivity contribution is -0.135. The monoisotopic (exact) mass is 328 g/mol. The first kappa shape index (κ1) is 17.3. The molecule has 22 heavy (non-hydrogen) atoms. The van der Waals surface area contributed by atoms with E-state index in [1.807, 2.05) is 0 Å². The quantitative estimate of drug-likeness (QED) is 0.430. The van der Waals surface area contributed by atoms with Crippen LogP contribution in [0.1, 0.15) is 56.9 Å². The predicted molar refractivity (Wildman–Crippen MR) is 88.5 cm³/mol. The number of hydrogen-bond acceptors (Lipinski definition) is 1. The first-order valence-corrected chi connectivity index (χ1v) is 8.95. The lowest BCUT2D eigenvalue weighted by Crippen LogP contribution is -2.06. The van der Waals surface area contributed by atoms with E-state index in [0.29, 0.717) is 6.42 Å². The smallest absolute Gasteiger partial charge is 0.171 e. The van der Waals surface area contributed by atoms with Crippen LogP contribution in [0.4, 0.5) is 13.2 Å². The van der Waals surface area contributed by atoms with E-state index >= 15 is 0 Å². The minimum atomic E-state index is -3.98. The minimum Gasteiger partial charge on any atom is -0.171 e. The molecule has 0 aliphatic carbocycles. The van der Waals surface area contributed by atoms with Crippen LogP contribution in [-0.4, -0.2) is 6.18 Å². The standard InChI is InChI=1S/C18H23F3S/c19-18(20,21)12-7-5-3-1-2-4-6-8-15-9-10-17-16(14-15)11-13-22-17/h9-11,13-14H,1-8,12H2. The van der Waals surface area contributed by atoms with Crippen LogP contribution in [0.25, 0.3) is 10.1 Å². The second kappa shape index (κ2) is 8.56. The predicted octanol–water partition coefficient (Wildman–Crippen LogP) is 7.13. The lowest BCUT2D eigenvalue weighted by atomic mass is 10.0. The molecule has 1 aromatic carbocycles. The Morgan fingerprint density at radius 2 is 1.50 bits per heavy atom. The van der Waals surface area contributed by atoms with Gasteiger partial charge in [-0.3, -0.25) is 0 Å². The van der Waals surface area contributed by atoms with Crippen LogP contribution in [0.2, 0.25) is 0 Å². The molecule has 0 fully saturated rings. The van der Waals surface area contributed by atoms with E-state index in [-0.39, 0.29) is 6.42 Å². The Balaban J connectivity index is 1.50. The fourth-order valence-corrected chi connectivity index (χ4v) is 3.48. The van der Waals surface area contributed by atoms with Gasteiger partial charge in [0.2, 0.25) is 0 Å². The molecule has 2 aromatic rings. The molecule has 0 bridgehead atoms. The number of aryl methyl sites for hydroxylation is 1.